The number of methoxy groups -OCH3 is 2. The Labute approximate surface area is 76.3 Å². The van der Waals surface area contributed by atoms with Gasteiger partial charge >= 0.3 is 5.97 Å². The molecule has 0 aromatic heterocycles. The molecule has 0 aliphatic heterocycles. The van der Waals surface area contributed by atoms with Crippen LogP contribution in [0.25, 0.3) is 0 Å². The molecular formula is C8H14O5. The summed E-state index contributed by atoms with van der Waals surface area (Å²) in [6.45, 7) is 0. The molecule has 5 heteroatoms. The predicted octanol–water partition coefficient (Wildman–Crippen LogP) is -0.169. The van der Waals surface area contributed by atoms with E-state index in [0.29, 0.717) is 12.8 Å². The van der Waals surface area contributed by atoms with Gasteiger partial charge in [-0.1, -0.05) is 0 Å². The molecular weight excluding hydrogens is 176 g/mol. The fourth-order valence-electron chi connectivity index (χ4n) is 1.59. The van der Waals surface area contributed by atoms with Crippen LogP contribution in [0, 0.1) is 5.41 Å². The minimum absolute atomic E-state index is 0.618. The number of carboxylic acids is 1. The van der Waals surface area contributed by atoms with Gasteiger partial charge < -0.3 is 19.7 Å². The maximum absolute atomic E-state index is 10.6. The van der Waals surface area contributed by atoms with Crippen molar-refractivity contribution in [2.45, 2.75) is 25.2 Å². The van der Waals surface area contributed by atoms with Gasteiger partial charge in [-0.25, -0.2) is 4.79 Å². The van der Waals surface area contributed by atoms with E-state index in [1.54, 1.807) is 0 Å². The highest BCUT2D eigenvalue weighted by Gasteiger charge is 2.58. The van der Waals surface area contributed by atoms with Gasteiger partial charge in [0.25, 0.3) is 0 Å². The normalized spacial score (nSPS) is 21.5. The molecule has 5 nitrogen and oxygen atoms in total. The Kier molecular flexibility index (Phi) is 2.90. The number of carbonyl (C=O) groups is 1. The molecule has 0 bridgehead atoms. The number of hydrogen-bond acceptors (Lipinski definition) is 4. The van der Waals surface area contributed by atoms with Crippen LogP contribution in [0.3, 0.4) is 0 Å². The van der Waals surface area contributed by atoms with Crippen molar-refractivity contribution in [1.82, 2.24) is 0 Å². The van der Waals surface area contributed by atoms with E-state index in [-0.39, 0.29) is 0 Å². The van der Waals surface area contributed by atoms with E-state index in [2.05, 4.69) is 0 Å². The van der Waals surface area contributed by atoms with Crippen LogP contribution in [0.15, 0.2) is 0 Å². The first-order valence-corrected chi connectivity index (χ1v) is 4.05. The van der Waals surface area contributed by atoms with Crippen molar-refractivity contribution in [1.29, 1.82) is 0 Å². The van der Waals surface area contributed by atoms with E-state index < -0.39 is 23.8 Å². The van der Waals surface area contributed by atoms with E-state index in [9.17, 15) is 9.90 Å². The Bertz CT molecular complexity index is 195. The number of hydrogen-bond donors (Lipinski definition) is 2. The van der Waals surface area contributed by atoms with E-state index in [4.69, 9.17) is 14.6 Å². The van der Waals surface area contributed by atoms with E-state index in [1.165, 1.54) is 14.2 Å². The van der Waals surface area contributed by atoms with Gasteiger partial charge in [-0.05, 0) is 12.8 Å². The quantitative estimate of drug-likeness (QED) is 0.589. The topological polar surface area (TPSA) is 76.0 Å². The van der Waals surface area contributed by atoms with Crippen LogP contribution in [0.4, 0.5) is 0 Å². The lowest BCUT2D eigenvalue weighted by Gasteiger charge is -2.26. The third-order valence-corrected chi connectivity index (χ3v) is 2.50. The largest absolute Gasteiger partial charge is 0.479 e. The molecule has 1 unspecified atom stereocenters. The maximum Gasteiger partial charge on any atom is 0.333 e. The predicted molar refractivity (Wildman–Crippen MR) is 43.1 cm³/mol. The molecule has 0 amide bonds. The van der Waals surface area contributed by atoms with Crippen LogP contribution in [0.5, 0.6) is 0 Å². The molecule has 1 aliphatic rings. The molecule has 0 aromatic carbocycles. The second-order valence-electron chi connectivity index (χ2n) is 3.28. The number of rotatable bonds is 5. The van der Waals surface area contributed by atoms with Crippen LogP contribution in [-0.4, -0.2) is 42.8 Å². The second kappa shape index (κ2) is 3.61. The van der Waals surface area contributed by atoms with Gasteiger partial charge in [-0.3, -0.25) is 0 Å². The Hall–Kier alpha value is -0.650. The first-order valence-electron chi connectivity index (χ1n) is 4.05. The first kappa shape index (κ1) is 10.4. The maximum atomic E-state index is 10.6. The molecule has 0 saturated heterocycles. The third kappa shape index (κ3) is 1.67. The summed E-state index contributed by atoms with van der Waals surface area (Å²) < 4.78 is 9.90. The molecule has 13 heavy (non-hydrogen) atoms. The van der Waals surface area contributed by atoms with Gasteiger partial charge in [-0.15, -0.1) is 0 Å². The SMILES string of the molecule is COC(OC)C1(C(O)C(=O)O)CC1. The smallest absolute Gasteiger partial charge is 0.333 e. The first-order chi connectivity index (χ1) is 6.08. The molecule has 0 heterocycles. The average molecular weight is 190 g/mol. The van der Waals surface area contributed by atoms with Crippen molar-refractivity contribution in [3.8, 4) is 0 Å². The molecule has 1 fully saturated rings. The zero-order chi connectivity index (χ0) is 10.1. The van der Waals surface area contributed by atoms with E-state index >= 15 is 0 Å². The lowest BCUT2D eigenvalue weighted by Crippen LogP contribution is -2.41. The molecule has 76 valence electrons. The minimum Gasteiger partial charge on any atom is -0.479 e. The Balaban J connectivity index is 2.69. The van der Waals surface area contributed by atoms with Crippen LogP contribution < -0.4 is 0 Å². The van der Waals surface area contributed by atoms with Crippen LogP contribution >= 0.6 is 0 Å². The minimum atomic E-state index is -1.41. The van der Waals surface area contributed by atoms with Gasteiger partial charge in [0.2, 0.25) is 0 Å². The summed E-state index contributed by atoms with van der Waals surface area (Å²) in [6.07, 6.45) is -0.810. The second-order valence-corrected chi connectivity index (χ2v) is 3.28. The van der Waals surface area contributed by atoms with E-state index in [1.807, 2.05) is 0 Å². The molecule has 0 aromatic rings. The highest BCUT2D eigenvalue weighted by atomic mass is 16.7. The zero-order valence-electron chi connectivity index (χ0n) is 7.69. The van der Waals surface area contributed by atoms with Crippen molar-refractivity contribution >= 4 is 5.97 Å². The average Bonchev–Trinajstić information content (AvgIpc) is 2.87. The fourth-order valence-corrected chi connectivity index (χ4v) is 1.59. The molecule has 1 rings (SSSR count). The summed E-state index contributed by atoms with van der Waals surface area (Å²) in [4.78, 5) is 10.6. The lowest BCUT2D eigenvalue weighted by atomic mass is 9.98. The fraction of sp³-hybridized carbons (Fsp3) is 0.875. The van der Waals surface area contributed by atoms with Crippen LogP contribution in [0.1, 0.15) is 12.8 Å². The van der Waals surface area contributed by atoms with Crippen molar-refractivity contribution in [2.75, 3.05) is 14.2 Å². The zero-order valence-corrected chi connectivity index (χ0v) is 7.69. The monoisotopic (exact) mass is 190 g/mol. The van der Waals surface area contributed by atoms with Crippen molar-refractivity contribution in [3.05, 3.63) is 0 Å². The Morgan fingerprint density at radius 3 is 2.08 bits per heavy atom. The van der Waals surface area contributed by atoms with Crippen molar-refractivity contribution in [2.24, 2.45) is 5.41 Å². The molecule has 1 atom stereocenters. The van der Waals surface area contributed by atoms with Gasteiger partial charge in [0.05, 0.1) is 5.41 Å². The van der Waals surface area contributed by atoms with Gasteiger partial charge in [0.1, 0.15) is 0 Å². The number of carboxylic acid groups (broad SMARTS) is 1. The van der Waals surface area contributed by atoms with E-state index in [0.717, 1.165) is 0 Å². The molecule has 0 spiro atoms. The lowest BCUT2D eigenvalue weighted by molar-refractivity contribution is -0.187. The molecule has 1 saturated carbocycles. The highest BCUT2D eigenvalue weighted by Crippen LogP contribution is 2.52. The van der Waals surface area contributed by atoms with Gasteiger partial charge in [0.15, 0.2) is 12.4 Å². The number of aliphatic hydroxyl groups is 1. The molecule has 0 radical (unpaired) electrons. The molecule has 1 aliphatic carbocycles. The van der Waals surface area contributed by atoms with Gasteiger partial charge in [0, 0.05) is 14.2 Å². The van der Waals surface area contributed by atoms with Gasteiger partial charge in [-0.2, -0.15) is 0 Å². The molecule has 2 N–H and O–H groups in total. The Morgan fingerprint density at radius 1 is 1.38 bits per heavy atom. The van der Waals surface area contributed by atoms with Crippen molar-refractivity contribution < 1.29 is 24.5 Å². The summed E-state index contributed by atoms with van der Waals surface area (Å²) in [5.41, 5.74) is -0.741. The summed E-state index contributed by atoms with van der Waals surface area (Å²) in [7, 11) is 2.87. The highest BCUT2D eigenvalue weighted by molar-refractivity contribution is 5.73. The van der Waals surface area contributed by atoms with Crippen LogP contribution in [0.2, 0.25) is 0 Å². The summed E-state index contributed by atoms with van der Waals surface area (Å²) in [5, 5.41) is 18.0. The summed E-state index contributed by atoms with van der Waals surface area (Å²) >= 11 is 0. The third-order valence-electron chi connectivity index (χ3n) is 2.50. The Morgan fingerprint density at radius 2 is 1.85 bits per heavy atom. The number of aliphatic hydroxyl groups excluding tert-OH is 1. The summed E-state index contributed by atoms with van der Waals surface area (Å²) in [5.74, 6) is -1.23. The standard InChI is InChI=1S/C8H14O5/c1-12-7(13-2)8(3-4-8)5(9)6(10)11/h5,7,9H,3-4H2,1-2H3,(H,10,11). The number of ether oxygens (including phenoxy) is 2. The van der Waals surface area contributed by atoms with Crippen LogP contribution in [-0.2, 0) is 14.3 Å². The summed E-state index contributed by atoms with van der Waals surface area (Å²) in [6, 6.07) is 0. The van der Waals surface area contributed by atoms with Crippen molar-refractivity contribution in [3.63, 3.8) is 0 Å². The number of aliphatic carboxylic acids is 1.